The van der Waals surface area contributed by atoms with Crippen molar-refractivity contribution in [2.24, 2.45) is 0 Å². The third-order valence-corrected chi connectivity index (χ3v) is 1.91. The minimum Gasteiger partial charge on any atom is -0.443 e. The van der Waals surface area contributed by atoms with Crippen molar-refractivity contribution in [2.45, 2.75) is 26.4 Å². The van der Waals surface area contributed by atoms with E-state index in [1.807, 2.05) is 6.07 Å². The predicted molar refractivity (Wildman–Crippen MR) is 63.6 cm³/mol. The van der Waals surface area contributed by atoms with Gasteiger partial charge in [-0.1, -0.05) is 0 Å². The summed E-state index contributed by atoms with van der Waals surface area (Å²) in [6, 6.07) is 3.55. The Kier molecular flexibility index (Phi) is 3.69. The van der Waals surface area contributed by atoms with Crippen molar-refractivity contribution in [3.63, 3.8) is 0 Å². The van der Waals surface area contributed by atoms with Gasteiger partial charge in [-0.25, -0.2) is 4.79 Å². The van der Waals surface area contributed by atoms with Gasteiger partial charge in [0.05, 0.1) is 17.4 Å². The van der Waals surface area contributed by atoms with Gasteiger partial charge >= 0.3 is 6.09 Å². The molecule has 0 N–H and O–H groups in total. The molecular formula is C12H15N3O2. The van der Waals surface area contributed by atoms with Crippen LogP contribution in [-0.2, 0) is 4.74 Å². The second-order valence-electron chi connectivity index (χ2n) is 4.58. The van der Waals surface area contributed by atoms with Gasteiger partial charge in [0, 0.05) is 13.2 Å². The van der Waals surface area contributed by atoms with Gasteiger partial charge < -0.3 is 4.74 Å². The van der Waals surface area contributed by atoms with E-state index in [1.54, 1.807) is 33.9 Å². The largest absolute Gasteiger partial charge is 0.443 e. The number of aromatic nitrogens is 1. The Morgan fingerprint density at radius 1 is 1.47 bits per heavy atom. The summed E-state index contributed by atoms with van der Waals surface area (Å²) in [5, 5.41) is 8.74. The second-order valence-corrected chi connectivity index (χ2v) is 4.58. The van der Waals surface area contributed by atoms with Gasteiger partial charge in [0.15, 0.2) is 0 Å². The number of pyridine rings is 1. The zero-order valence-electron chi connectivity index (χ0n) is 10.4. The van der Waals surface area contributed by atoms with E-state index in [1.165, 1.54) is 17.3 Å². The number of anilines is 1. The monoisotopic (exact) mass is 233 g/mol. The number of ether oxygens (including phenoxy) is 1. The number of nitriles is 1. The number of hydrogen-bond donors (Lipinski definition) is 0. The van der Waals surface area contributed by atoms with Crippen molar-refractivity contribution in [3.05, 3.63) is 24.0 Å². The molecule has 0 aromatic carbocycles. The molecule has 1 amide bonds. The molecule has 17 heavy (non-hydrogen) atoms. The first kappa shape index (κ1) is 13.0. The molecule has 0 fully saturated rings. The molecule has 1 rings (SSSR count). The van der Waals surface area contributed by atoms with Crippen molar-refractivity contribution >= 4 is 11.8 Å². The van der Waals surface area contributed by atoms with E-state index in [2.05, 4.69) is 4.98 Å². The molecule has 5 nitrogen and oxygen atoms in total. The lowest BCUT2D eigenvalue weighted by Gasteiger charge is -2.24. The highest BCUT2D eigenvalue weighted by Crippen LogP contribution is 2.16. The van der Waals surface area contributed by atoms with Crippen LogP contribution >= 0.6 is 0 Å². The van der Waals surface area contributed by atoms with Crippen LogP contribution in [0.15, 0.2) is 18.5 Å². The van der Waals surface area contributed by atoms with Crippen LogP contribution in [0.2, 0.25) is 0 Å². The van der Waals surface area contributed by atoms with E-state index in [0.29, 0.717) is 11.3 Å². The van der Waals surface area contributed by atoms with Crippen molar-refractivity contribution in [3.8, 4) is 6.07 Å². The smallest absolute Gasteiger partial charge is 0.414 e. The number of carbonyl (C=O) groups excluding carboxylic acids is 1. The quantitative estimate of drug-likeness (QED) is 0.746. The van der Waals surface area contributed by atoms with Crippen LogP contribution in [-0.4, -0.2) is 23.7 Å². The maximum atomic E-state index is 11.8. The van der Waals surface area contributed by atoms with Crippen LogP contribution in [0.4, 0.5) is 10.5 Å². The molecule has 0 spiro atoms. The molecule has 90 valence electrons. The van der Waals surface area contributed by atoms with E-state index in [9.17, 15) is 4.79 Å². The molecule has 1 heterocycles. The standard InChI is InChI=1S/C12H15N3O2/c1-12(2,3)17-11(16)15(4)10-5-9(6-13)7-14-8-10/h5,7-8H,1-4H3. The normalized spacial score (nSPS) is 10.5. The number of amides is 1. The zero-order valence-corrected chi connectivity index (χ0v) is 10.4. The van der Waals surface area contributed by atoms with Crippen LogP contribution in [0, 0.1) is 11.3 Å². The van der Waals surface area contributed by atoms with Gasteiger partial charge in [0.25, 0.3) is 0 Å². The summed E-state index contributed by atoms with van der Waals surface area (Å²) in [7, 11) is 1.58. The average Bonchev–Trinajstić information content (AvgIpc) is 2.26. The zero-order chi connectivity index (χ0) is 13.1. The fourth-order valence-corrected chi connectivity index (χ4v) is 1.11. The Bertz CT molecular complexity index is 458. The molecular weight excluding hydrogens is 218 g/mol. The summed E-state index contributed by atoms with van der Waals surface area (Å²) in [6.07, 6.45) is 2.46. The Morgan fingerprint density at radius 2 is 2.12 bits per heavy atom. The molecule has 0 saturated heterocycles. The molecule has 0 saturated carbocycles. The lowest BCUT2D eigenvalue weighted by molar-refractivity contribution is 0.0589. The number of rotatable bonds is 1. The van der Waals surface area contributed by atoms with Crippen LogP contribution in [0.3, 0.4) is 0 Å². The fourth-order valence-electron chi connectivity index (χ4n) is 1.11. The van der Waals surface area contributed by atoms with E-state index >= 15 is 0 Å². The number of carbonyl (C=O) groups is 1. The Balaban J connectivity index is 2.86. The van der Waals surface area contributed by atoms with Crippen molar-refractivity contribution in [1.82, 2.24) is 4.98 Å². The van der Waals surface area contributed by atoms with Crippen molar-refractivity contribution in [1.29, 1.82) is 5.26 Å². The molecule has 0 bridgehead atoms. The van der Waals surface area contributed by atoms with Crippen LogP contribution in [0.5, 0.6) is 0 Å². The summed E-state index contributed by atoms with van der Waals surface area (Å²) in [5.74, 6) is 0. The summed E-state index contributed by atoms with van der Waals surface area (Å²) >= 11 is 0. The van der Waals surface area contributed by atoms with E-state index in [4.69, 9.17) is 10.00 Å². The Labute approximate surface area is 101 Å². The van der Waals surface area contributed by atoms with Gasteiger partial charge in [-0.3, -0.25) is 9.88 Å². The minimum atomic E-state index is -0.550. The van der Waals surface area contributed by atoms with E-state index in [0.717, 1.165) is 0 Å². The number of hydrogen-bond acceptors (Lipinski definition) is 4. The Hall–Kier alpha value is -2.09. The SMILES string of the molecule is CN(C(=O)OC(C)(C)C)c1cncc(C#N)c1. The van der Waals surface area contributed by atoms with Crippen LogP contribution in [0.1, 0.15) is 26.3 Å². The lowest BCUT2D eigenvalue weighted by atomic mass is 10.2. The molecule has 5 heteroatoms. The molecule has 0 radical (unpaired) electrons. The summed E-state index contributed by atoms with van der Waals surface area (Å²) in [5.41, 5.74) is 0.377. The topological polar surface area (TPSA) is 66.2 Å². The summed E-state index contributed by atoms with van der Waals surface area (Å²) in [6.45, 7) is 5.38. The molecule has 1 aromatic heterocycles. The van der Waals surface area contributed by atoms with E-state index < -0.39 is 11.7 Å². The minimum absolute atomic E-state index is 0.401. The highest BCUT2D eigenvalue weighted by Gasteiger charge is 2.20. The van der Waals surface area contributed by atoms with Gasteiger partial charge in [-0.05, 0) is 26.8 Å². The van der Waals surface area contributed by atoms with Gasteiger partial charge in [-0.2, -0.15) is 5.26 Å². The molecule has 0 unspecified atom stereocenters. The fraction of sp³-hybridized carbons (Fsp3) is 0.417. The average molecular weight is 233 g/mol. The van der Waals surface area contributed by atoms with E-state index in [-0.39, 0.29) is 0 Å². The lowest BCUT2D eigenvalue weighted by Crippen LogP contribution is -2.34. The second kappa shape index (κ2) is 4.83. The van der Waals surface area contributed by atoms with Crippen LogP contribution < -0.4 is 4.90 Å². The highest BCUT2D eigenvalue weighted by atomic mass is 16.6. The van der Waals surface area contributed by atoms with Gasteiger partial charge in [0.2, 0.25) is 0 Å². The molecule has 0 aliphatic rings. The van der Waals surface area contributed by atoms with Gasteiger partial charge in [0.1, 0.15) is 11.7 Å². The first-order chi connectivity index (χ1) is 7.83. The summed E-state index contributed by atoms with van der Waals surface area (Å²) < 4.78 is 5.20. The molecule has 0 aliphatic heterocycles. The van der Waals surface area contributed by atoms with Crippen molar-refractivity contribution < 1.29 is 9.53 Å². The molecule has 0 atom stereocenters. The third-order valence-electron chi connectivity index (χ3n) is 1.91. The first-order valence-electron chi connectivity index (χ1n) is 5.15. The maximum Gasteiger partial charge on any atom is 0.414 e. The third kappa shape index (κ3) is 3.76. The Morgan fingerprint density at radius 3 is 2.65 bits per heavy atom. The van der Waals surface area contributed by atoms with Crippen LogP contribution in [0.25, 0.3) is 0 Å². The van der Waals surface area contributed by atoms with Crippen molar-refractivity contribution in [2.75, 3.05) is 11.9 Å². The summed E-state index contributed by atoms with van der Waals surface area (Å²) in [4.78, 5) is 17.0. The number of nitrogens with zero attached hydrogens (tertiary/aromatic N) is 3. The molecule has 1 aromatic rings. The van der Waals surface area contributed by atoms with Gasteiger partial charge in [-0.15, -0.1) is 0 Å². The highest BCUT2D eigenvalue weighted by molar-refractivity contribution is 5.87. The predicted octanol–water partition coefficient (Wildman–Crippen LogP) is 2.32. The maximum absolute atomic E-state index is 11.8. The molecule has 0 aliphatic carbocycles. The first-order valence-corrected chi connectivity index (χ1v) is 5.15.